The fourth-order valence-corrected chi connectivity index (χ4v) is 7.95. The number of alkyl halides is 2. The standard InChI is InChI=1S/C44H58F2N6O5/c1-10-51-36-19-18-32(25-34(36)37(44(45,46)43(5,6)26-57-27-53)40(51)33-17-14-20-47-38(33)29(4)56-9)31-16-13-15-30(23-31)24-35(42(55)52-22-12-11-21-48-52)49-41(54)39(28(2)3)50(7)8/h13-20,23,25,27-29,35,39,48H,10-12,21-22,24,26H2,1-9H3,(H,49,54). The third-order valence-corrected chi connectivity index (χ3v) is 11.0. The summed E-state index contributed by atoms with van der Waals surface area (Å²) < 4.78 is 47.3. The lowest BCUT2D eigenvalue weighted by Crippen LogP contribution is -2.58. The van der Waals surface area contributed by atoms with Gasteiger partial charge in [0, 0.05) is 55.8 Å². The molecule has 1 fully saturated rings. The number of aromatic nitrogens is 2. The van der Waals surface area contributed by atoms with E-state index in [-0.39, 0.29) is 36.2 Å². The molecule has 2 aromatic heterocycles. The number of nitrogens with one attached hydrogen (secondary N) is 2. The third kappa shape index (κ3) is 9.05. The molecule has 0 saturated carbocycles. The lowest BCUT2D eigenvalue weighted by atomic mass is 9.80. The zero-order valence-electron chi connectivity index (χ0n) is 34.7. The monoisotopic (exact) mass is 788 g/mol. The molecular formula is C44H58F2N6O5. The summed E-state index contributed by atoms with van der Waals surface area (Å²) in [6, 6.07) is 15.4. The van der Waals surface area contributed by atoms with E-state index in [0.29, 0.717) is 53.1 Å². The molecule has 1 aliphatic rings. The van der Waals surface area contributed by atoms with Crippen LogP contribution in [0.25, 0.3) is 33.3 Å². The summed E-state index contributed by atoms with van der Waals surface area (Å²) in [5, 5.41) is 5.01. The first kappa shape index (κ1) is 43.4. The molecular weight excluding hydrogens is 731 g/mol. The summed E-state index contributed by atoms with van der Waals surface area (Å²) in [5.74, 6) is -3.92. The van der Waals surface area contributed by atoms with E-state index >= 15 is 8.78 Å². The van der Waals surface area contributed by atoms with Crippen LogP contribution >= 0.6 is 0 Å². The van der Waals surface area contributed by atoms with E-state index in [9.17, 15) is 14.4 Å². The molecule has 0 spiro atoms. The van der Waals surface area contributed by atoms with Crippen LogP contribution in [0.2, 0.25) is 0 Å². The van der Waals surface area contributed by atoms with Gasteiger partial charge in [-0.05, 0) is 87.7 Å². The van der Waals surface area contributed by atoms with E-state index in [1.165, 1.54) is 13.8 Å². The van der Waals surface area contributed by atoms with Crippen LogP contribution in [-0.4, -0.2) is 90.7 Å². The highest BCUT2D eigenvalue weighted by Gasteiger charge is 2.52. The number of hydrogen-bond acceptors (Lipinski definition) is 8. The van der Waals surface area contributed by atoms with E-state index in [4.69, 9.17) is 9.47 Å². The van der Waals surface area contributed by atoms with Crippen molar-refractivity contribution >= 4 is 29.2 Å². The molecule has 2 amide bonds. The van der Waals surface area contributed by atoms with E-state index < -0.39 is 36.1 Å². The van der Waals surface area contributed by atoms with Crippen LogP contribution in [-0.2, 0) is 42.7 Å². The summed E-state index contributed by atoms with van der Waals surface area (Å²) in [6.45, 7) is 11.8. The van der Waals surface area contributed by atoms with E-state index in [0.717, 1.165) is 24.0 Å². The predicted octanol–water partition coefficient (Wildman–Crippen LogP) is 7.13. The van der Waals surface area contributed by atoms with Crippen molar-refractivity contribution < 1.29 is 32.6 Å². The number of methoxy groups -OCH3 is 1. The summed E-state index contributed by atoms with van der Waals surface area (Å²) in [5.41, 5.74) is 5.40. The average Bonchev–Trinajstić information content (AvgIpc) is 3.53. The SMILES string of the molecule is CCn1c(-c2cccnc2C(C)OC)c(C(F)(F)C(C)(C)COC=O)c2cc(-c3cccc(CC(NC(=O)C(C(C)C)N(C)C)C(=O)N4CCCCN4)c3)ccc21. The number of hydrazine groups is 1. The van der Waals surface area contributed by atoms with Crippen LogP contribution < -0.4 is 10.7 Å². The molecule has 57 heavy (non-hydrogen) atoms. The molecule has 2 N–H and O–H groups in total. The first-order valence-electron chi connectivity index (χ1n) is 19.8. The van der Waals surface area contributed by atoms with Crippen molar-refractivity contribution in [1.82, 2.24) is 30.2 Å². The molecule has 0 bridgehead atoms. The second-order valence-electron chi connectivity index (χ2n) is 16.1. The van der Waals surface area contributed by atoms with Crippen LogP contribution in [0, 0.1) is 11.3 Å². The van der Waals surface area contributed by atoms with Gasteiger partial charge in [-0.1, -0.05) is 58.0 Å². The van der Waals surface area contributed by atoms with Crippen LogP contribution in [0.1, 0.15) is 77.3 Å². The van der Waals surface area contributed by atoms with Crippen LogP contribution in [0.5, 0.6) is 0 Å². The largest absolute Gasteiger partial charge is 0.467 e. The number of pyridine rings is 1. The van der Waals surface area contributed by atoms with Crippen molar-refractivity contribution in [3.8, 4) is 22.4 Å². The summed E-state index contributed by atoms with van der Waals surface area (Å²) >= 11 is 0. The summed E-state index contributed by atoms with van der Waals surface area (Å²) in [7, 11) is 5.25. The van der Waals surface area contributed by atoms with Crippen molar-refractivity contribution in [2.75, 3.05) is 40.9 Å². The Morgan fingerprint density at radius 3 is 2.42 bits per heavy atom. The predicted molar refractivity (Wildman–Crippen MR) is 218 cm³/mol. The van der Waals surface area contributed by atoms with Crippen LogP contribution in [0.3, 0.4) is 0 Å². The van der Waals surface area contributed by atoms with Gasteiger partial charge in [0.15, 0.2) is 0 Å². The molecule has 308 valence electrons. The molecule has 13 heteroatoms. The number of fused-ring (bicyclic) bond motifs is 1. The molecule has 3 atom stereocenters. The zero-order chi connectivity index (χ0) is 41.7. The highest BCUT2D eigenvalue weighted by molar-refractivity contribution is 5.96. The highest BCUT2D eigenvalue weighted by Crippen LogP contribution is 2.53. The van der Waals surface area contributed by atoms with E-state index in [2.05, 4.69) is 15.7 Å². The lowest BCUT2D eigenvalue weighted by molar-refractivity contribution is -0.154. The van der Waals surface area contributed by atoms with Gasteiger partial charge in [0.2, 0.25) is 5.91 Å². The molecule has 1 aliphatic heterocycles. The first-order chi connectivity index (χ1) is 27.1. The minimum atomic E-state index is -3.50. The number of nitrogens with zero attached hydrogens (tertiary/aromatic N) is 4. The maximum absolute atomic E-state index is 17.4. The van der Waals surface area contributed by atoms with Gasteiger partial charge in [0.05, 0.1) is 34.5 Å². The van der Waals surface area contributed by atoms with Crippen molar-refractivity contribution in [1.29, 1.82) is 0 Å². The number of ether oxygens (including phenoxy) is 2. The van der Waals surface area contributed by atoms with Gasteiger partial charge in [-0.15, -0.1) is 0 Å². The van der Waals surface area contributed by atoms with Crippen LogP contribution in [0.15, 0.2) is 60.8 Å². The quantitative estimate of drug-likeness (QED) is 0.109. The molecule has 5 rings (SSSR count). The second kappa shape index (κ2) is 18.3. The molecule has 3 unspecified atom stereocenters. The van der Waals surface area contributed by atoms with Gasteiger partial charge in [-0.2, -0.15) is 0 Å². The minimum absolute atomic E-state index is 0.0127. The third-order valence-electron chi connectivity index (χ3n) is 11.0. The second-order valence-corrected chi connectivity index (χ2v) is 16.1. The van der Waals surface area contributed by atoms with Crippen molar-refractivity contribution in [3.63, 3.8) is 0 Å². The average molecular weight is 789 g/mol. The molecule has 4 aromatic rings. The maximum atomic E-state index is 17.4. The number of rotatable bonds is 17. The van der Waals surface area contributed by atoms with Gasteiger partial charge in [-0.25, -0.2) is 14.2 Å². The number of amides is 2. The number of carbonyl (C=O) groups is 3. The Labute approximate surface area is 335 Å². The van der Waals surface area contributed by atoms with E-state index in [1.54, 1.807) is 36.5 Å². The molecule has 3 heterocycles. The van der Waals surface area contributed by atoms with Gasteiger partial charge < -0.3 is 19.4 Å². The normalized spacial score (nSPS) is 15.5. The molecule has 2 aromatic carbocycles. The smallest absolute Gasteiger partial charge is 0.293 e. The Hall–Kier alpha value is -4.72. The highest BCUT2D eigenvalue weighted by atomic mass is 19.3. The number of benzene rings is 2. The van der Waals surface area contributed by atoms with Crippen molar-refractivity contribution in [2.45, 2.75) is 91.5 Å². The van der Waals surface area contributed by atoms with Gasteiger partial charge in [-0.3, -0.25) is 29.3 Å². The molecule has 0 radical (unpaired) electrons. The number of aryl methyl sites for hydroxylation is 1. The number of carbonyl (C=O) groups excluding carboxylic acids is 3. The van der Waals surface area contributed by atoms with Gasteiger partial charge >= 0.3 is 0 Å². The summed E-state index contributed by atoms with van der Waals surface area (Å²) in [4.78, 5) is 45.3. The number of likely N-dealkylation sites (N-methyl/N-ethyl adjacent to an activating group) is 1. The number of halogens is 2. The Kier molecular flexibility index (Phi) is 13.9. The first-order valence-corrected chi connectivity index (χ1v) is 19.8. The van der Waals surface area contributed by atoms with Crippen LogP contribution in [0.4, 0.5) is 8.78 Å². The Morgan fingerprint density at radius 2 is 1.79 bits per heavy atom. The topological polar surface area (TPSA) is 118 Å². The van der Waals surface area contributed by atoms with Crippen molar-refractivity contribution in [3.05, 3.63) is 77.6 Å². The minimum Gasteiger partial charge on any atom is -0.467 e. The zero-order valence-corrected chi connectivity index (χ0v) is 34.7. The molecule has 0 aliphatic carbocycles. The van der Waals surface area contributed by atoms with E-state index in [1.807, 2.05) is 87.7 Å². The Balaban J connectivity index is 1.65. The maximum Gasteiger partial charge on any atom is 0.293 e. The molecule has 11 nitrogen and oxygen atoms in total. The Morgan fingerprint density at radius 1 is 1.05 bits per heavy atom. The van der Waals surface area contributed by atoms with Gasteiger partial charge in [0.1, 0.15) is 12.6 Å². The number of hydrogen-bond donors (Lipinski definition) is 2. The lowest BCUT2D eigenvalue weighted by Gasteiger charge is -2.34. The Bertz CT molecular complexity index is 2030. The summed E-state index contributed by atoms with van der Waals surface area (Å²) in [6.07, 6.45) is 3.18. The fourth-order valence-electron chi connectivity index (χ4n) is 7.95. The van der Waals surface area contributed by atoms with Crippen molar-refractivity contribution in [2.24, 2.45) is 11.3 Å². The fraction of sp³-hybridized carbons (Fsp3) is 0.500. The van der Waals surface area contributed by atoms with Gasteiger partial charge in [0.25, 0.3) is 18.3 Å². The molecule has 1 saturated heterocycles.